The SMILES string of the molecule is CCCOC(=O)C1CCCCC1C(=O)OCCC. The normalized spacial score (nSPS) is 23.4. The standard InChI is InChI=1S/C14H24O4/c1-3-9-17-13(15)11-7-5-6-8-12(11)14(16)18-10-4-2/h11-12H,3-10H2,1-2H3. The maximum atomic E-state index is 11.9. The Balaban J connectivity index is 2.55. The number of ether oxygens (including phenoxy) is 2. The van der Waals surface area contributed by atoms with Crippen LogP contribution >= 0.6 is 0 Å². The number of esters is 2. The van der Waals surface area contributed by atoms with E-state index in [1.807, 2.05) is 13.8 Å². The van der Waals surface area contributed by atoms with E-state index in [-0.39, 0.29) is 23.8 Å². The molecule has 0 aromatic rings. The largest absolute Gasteiger partial charge is 0.465 e. The molecule has 0 amide bonds. The first kappa shape index (κ1) is 15.0. The molecule has 0 spiro atoms. The van der Waals surface area contributed by atoms with E-state index in [9.17, 15) is 9.59 Å². The Morgan fingerprint density at radius 2 is 1.28 bits per heavy atom. The van der Waals surface area contributed by atoms with Crippen molar-refractivity contribution in [2.75, 3.05) is 13.2 Å². The summed E-state index contributed by atoms with van der Waals surface area (Å²) >= 11 is 0. The number of carbonyl (C=O) groups is 2. The van der Waals surface area contributed by atoms with Crippen LogP contribution in [0.4, 0.5) is 0 Å². The van der Waals surface area contributed by atoms with E-state index in [1.165, 1.54) is 0 Å². The molecule has 4 nitrogen and oxygen atoms in total. The Bertz CT molecular complexity index is 247. The molecule has 18 heavy (non-hydrogen) atoms. The van der Waals surface area contributed by atoms with Gasteiger partial charge in [0.05, 0.1) is 25.0 Å². The summed E-state index contributed by atoms with van der Waals surface area (Å²) in [6, 6.07) is 0. The number of hydrogen-bond donors (Lipinski definition) is 0. The Morgan fingerprint density at radius 3 is 1.61 bits per heavy atom. The maximum absolute atomic E-state index is 11.9. The van der Waals surface area contributed by atoms with Crippen molar-refractivity contribution < 1.29 is 19.1 Å². The molecule has 4 heteroatoms. The van der Waals surface area contributed by atoms with Gasteiger partial charge in [0.1, 0.15) is 0 Å². The van der Waals surface area contributed by atoms with Gasteiger partial charge in [-0.25, -0.2) is 0 Å². The van der Waals surface area contributed by atoms with E-state index < -0.39 is 0 Å². The van der Waals surface area contributed by atoms with E-state index >= 15 is 0 Å². The minimum absolute atomic E-state index is 0.227. The van der Waals surface area contributed by atoms with Crippen molar-refractivity contribution in [2.24, 2.45) is 11.8 Å². The topological polar surface area (TPSA) is 52.6 Å². The smallest absolute Gasteiger partial charge is 0.309 e. The third-order valence-corrected chi connectivity index (χ3v) is 3.27. The van der Waals surface area contributed by atoms with Gasteiger partial charge in [-0.1, -0.05) is 26.7 Å². The minimum Gasteiger partial charge on any atom is -0.465 e. The van der Waals surface area contributed by atoms with Crippen LogP contribution in [0.1, 0.15) is 52.4 Å². The highest BCUT2D eigenvalue weighted by molar-refractivity contribution is 5.82. The Kier molecular flexibility index (Phi) is 6.76. The molecular formula is C14H24O4. The maximum Gasteiger partial charge on any atom is 0.309 e. The molecule has 0 saturated heterocycles. The van der Waals surface area contributed by atoms with Crippen LogP contribution < -0.4 is 0 Å². The molecule has 104 valence electrons. The van der Waals surface area contributed by atoms with Gasteiger partial charge < -0.3 is 9.47 Å². The molecule has 2 atom stereocenters. The predicted octanol–water partition coefficient (Wildman–Crippen LogP) is 2.70. The number of carbonyl (C=O) groups excluding carboxylic acids is 2. The van der Waals surface area contributed by atoms with E-state index in [2.05, 4.69) is 0 Å². The molecule has 0 bridgehead atoms. The molecule has 0 heterocycles. The molecule has 0 N–H and O–H groups in total. The van der Waals surface area contributed by atoms with Crippen molar-refractivity contribution in [3.8, 4) is 0 Å². The van der Waals surface area contributed by atoms with Crippen LogP contribution in [0.15, 0.2) is 0 Å². The fraction of sp³-hybridized carbons (Fsp3) is 0.857. The van der Waals surface area contributed by atoms with Gasteiger partial charge in [0.25, 0.3) is 0 Å². The van der Waals surface area contributed by atoms with Gasteiger partial charge in [0.2, 0.25) is 0 Å². The first-order valence-corrected chi connectivity index (χ1v) is 7.04. The second kappa shape index (κ2) is 8.11. The summed E-state index contributed by atoms with van der Waals surface area (Å²) in [6.45, 7) is 4.79. The summed E-state index contributed by atoms with van der Waals surface area (Å²) in [4.78, 5) is 23.8. The molecule has 0 aromatic carbocycles. The van der Waals surface area contributed by atoms with Crippen molar-refractivity contribution in [1.82, 2.24) is 0 Å². The first-order chi connectivity index (χ1) is 8.70. The van der Waals surface area contributed by atoms with Gasteiger partial charge in [-0.05, 0) is 25.7 Å². The highest BCUT2D eigenvalue weighted by atomic mass is 16.5. The zero-order valence-electron chi connectivity index (χ0n) is 11.4. The molecule has 1 fully saturated rings. The zero-order chi connectivity index (χ0) is 13.4. The summed E-state index contributed by atoms with van der Waals surface area (Å²) in [5.41, 5.74) is 0. The van der Waals surface area contributed by atoms with E-state index in [0.717, 1.165) is 38.5 Å². The number of rotatable bonds is 6. The molecule has 1 rings (SSSR count). The highest BCUT2D eigenvalue weighted by Gasteiger charge is 2.37. The van der Waals surface area contributed by atoms with Crippen molar-refractivity contribution in [3.05, 3.63) is 0 Å². The van der Waals surface area contributed by atoms with Gasteiger partial charge in [-0.2, -0.15) is 0 Å². The van der Waals surface area contributed by atoms with Crippen molar-refractivity contribution in [3.63, 3.8) is 0 Å². The molecule has 0 aliphatic heterocycles. The summed E-state index contributed by atoms with van der Waals surface area (Å²) in [5.74, 6) is -1.05. The summed E-state index contributed by atoms with van der Waals surface area (Å²) < 4.78 is 10.3. The molecule has 1 saturated carbocycles. The van der Waals surface area contributed by atoms with Crippen LogP contribution in [0.5, 0.6) is 0 Å². The second-order valence-electron chi connectivity index (χ2n) is 4.83. The Morgan fingerprint density at radius 1 is 0.889 bits per heavy atom. The van der Waals surface area contributed by atoms with Crippen molar-refractivity contribution in [1.29, 1.82) is 0 Å². The van der Waals surface area contributed by atoms with Crippen LogP contribution in [0.2, 0.25) is 0 Å². The molecular weight excluding hydrogens is 232 g/mol. The molecule has 1 aliphatic carbocycles. The lowest BCUT2D eigenvalue weighted by atomic mass is 9.79. The van der Waals surface area contributed by atoms with Crippen molar-refractivity contribution in [2.45, 2.75) is 52.4 Å². The van der Waals surface area contributed by atoms with E-state index in [0.29, 0.717) is 13.2 Å². The lowest BCUT2D eigenvalue weighted by Crippen LogP contribution is -2.35. The average molecular weight is 256 g/mol. The molecule has 1 aliphatic rings. The van der Waals surface area contributed by atoms with Crippen LogP contribution in [0.3, 0.4) is 0 Å². The third-order valence-electron chi connectivity index (χ3n) is 3.27. The predicted molar refractivity (Wildman–Crippen MR) is 67.9 cm³/mol. The zero-order valence-corrected chi connectivity index (χ0v) is 11.4. The monoisotopic (exact) mass is 256 g/mol. The van der Waals surface area contributed by atoms with Crippen LogP contribution in [-0.2, 0) is 19.1 Å². The van der Waals surface area contributed by atoms with E-state index in [1.54, 1.807) is 0 Å². The Hall–Kier alpha value is -1.06. The fourth-order valence-corrected chi connectivity index (χ4v) is 2.31. The third kappa shape index (κ3) is 4.31. The minimum atomic E-state index is -0.297. The van der Waals surface area contributed by atoms with Crippen molar-refractivity contribution >= 4 is 11.9 Å². The summed E-state index contributed by atoms with van der Waals surface area (Å²) in [7, 11) is 0. The average Bonchev–Trinajstić information content (AvgIpc) is 2.42. The first-order valence-electron chi connectivity index (χ1n) is 7.04. The Labute approximate surface area is 109 Å². The van der Waals surface area contributed by atoms with Crippen LogP contribution in [0, 0.1) is 11.8 Å². The van der Waals surface area contributed by atoms with Gasteiger partial charge in [0, 0.05) is 0 Å². The highest BCUT2D eigenvalue weighted by Crippen LogP contribution is 2.32. The lowest BCUT2D eigenvalue weighted by Gasteiger charge is -2.28. The van der Waals surface area contributed by atoms with Crippen LogP contribution in [0.25, 0.3) is 0 Å². The fourth-order valence-electron chi connectivity index (χ4n) is 2.31. The quantitative estimate of drug-likeness (QED) is 0.686. The van der Waals surface area contributed by atoms with Gasteiger partial charge in [0.15, 0.2) is 0 Å². The lowest BCUT2D eigenvalue weighted by molar-refractivity contribution is -0.162. The summed E-state index contributed by atoms with van der Waals surface area (Å²) in [6.07, 6.45) is 5.09. The van der Waals surface area contributed by atoms with Gasteiger partial charge in [-0.15, -0.1) is 0 Å². The van der Waals surface area contributed by atoms with Gasteiger partial charge in [-0.3, -0.25) is 9.59 Å². The molecule has 0 radical (unpaired) electrons. The van der Waals surface area contributed by atoms with E-state index in [4.69, 9.17) is 9.47 Å². The number of hydrogen-bond acceptors (Lipinski definition) is 4. The van der Waals surface area contributed by atoms with Crippen LogP contribution in [-0.4, -0.2) is 25.2 Å². The molecule has 0 aromatic heterocycles. The second-order valence-corrected chi connectivity index (χ2v) is 4.83. The molecule has 2 unspecified atom stereocenters. The van der Waals surface area contributed by atoms with Gasteiger partial charge >= 0.3 is 11.9 Å². The summed E-state index contributed by atoms with van der Waals surface area (Å²) in [5, 5.41) is 0.